The summed E-state index contributed by atoms with van der Waals surface area (Å²) in [5.41, 5.74) is 2.48. The summed E-state index contributed by atoms with van der Waals surface area (Å²) >= 11 is 5.77. The Balaban J connectivity index is 1.62. The molecule has 0 radical (unpaired) electrons. The minimum Gasteiger partial charge on any atom is -0.396 e. The fourth-order valence-electron chi connectivity index (χ4n) is 3.41. The predicted molar refractivity (Wildman–Crippen MR) is 106 cm³/mol. The summed E-state index contributed by atoms with van der Waals surface area (Å²) < 4.78 is 15.2. The second-order valence-corrected chi connectivity index (χ2v) is 7.40. The van der Waals surface area contributed by atoms with Crippen LogP contribution in [0.25, 0.3) is 0 Å². The summed E-state index contributed by atoms with van der Waals surface area (Å²) in [5, 5.41) is 19.7. The smallest absolute Gasteiger partial charge is 0.322 e. The molecular formula is C19H25ClFN5O2. The Morgan fingerprint density at radius 3 is 3.00 bits per heavy atom. The molecule has 1 unspecified atom stereocenters. The number of fused-ring (bicyclic) bond motifs is 1. The van der Waals surface area contributed by atoms with E-state index in [2.05, 4.69) is 15.7 Å². The van der Waals surface area contributed by atoms with Crippen LogP contribution < -0.4 is 10.6 Å². The van der Waals surface area contributed by atoms with Crippen LogP contribution in [0.15, 0.2) is 24.4 Å². The number of rotatable bonds is 7. The van der Waals surface area contributed by atoms with Gasteiger partial charge in [-0.15, -0.1) is 0 Å². The molecule has 152 valence electrons. The number of benzene rings is 1. The molecule has 3 rings (SSSR count). The van der Waals surface area contributed by atoms with Gasteiger partial charge in [-0.1, -0.05) is 11.6 Å². The van der Waals surface area contributed by atoms with Crippen LogP contribution in [0, 0.1) is 11.7 Å². The second-order valence-electron chi connectivity index (χ2n) is 6.99. The number of aliphatic hydroxyl groups is 1. The third-order valence-electron chi connectivity index (χ3n) is 4.84. The van der Waals surface area contributed by atoms with E-state index in [1.54, 1.807) is 4.90 Å². The maximum atomic E-state index is 13.3. The summed E-state index contributed by atoms with van der Waals surface area (Å²) in [6.45, 7) is 2.69. The van der Waals surface area contributed by atoms with E-state index < -0.39 is 5.82 Å². The molecule has 9 heteroatoms. The van der Waals surface area contributed by atoms with Crippen molar-refractivity contribution in [3.8, 4) is 0 Å². The van der Waals surface area contributed by atoms with Crippen molar-refractivity contribution in [2.45, 2.75) is 25.9 Å². The molecule has 28 heavy (non-hydrogen) atoms. The number of urea groups is 1. The number of nitrogens with one attached hydrogen (secondary N) is 2. The third-order valence-corrected chi connectivity index (χ3v) is 5.13. The van der Waals surface area contributed by atoms with Crippen molar-refractivity contribution in [1.29, 1.82) is 0 Å². The predicted octanol–water partition coefficient (Wildman–Crippen LogP) is 2.48. The van der Waals surface area contributed by atoms with Crippen molar-refractivity contribution in [3.63, 3.8) is 0 Å². The van der Waals surface area contributed by atoms with Crippen molar-refractivity contribution in [1.82, 2.24) is 20.0 Å². The monoisotopic (exact) mass is 409 g/mol. The fourth-order valence-corrected chi connectivity index (χ4v) is 3.59. The number of aliphatic hydroxyl groups excluding tert-OH is 1. The molecule has 0 fully saturated rings. The molecule has 3 N–H and O–H groups in total. The number of hydrogen-bond acceptors (Lipinski definition) is 4. The van der Waals surface area contributed by atoms with Gasteiger partial charge in [0.25, 0.3) is 0 Å². The van der Waals surface area contributed by atoms with E-state index >= 15 is 0 Å². The Kier molecular flexibility index (Phi) is 6.88. The van der Waals surface area contributed by atoms with Crippen LogP contribution >= 0.6 is 11.6 Å². The van der Waals surface area contributed by atoms with E-state index in [4.69, 9.17) is 11.6 Å². The first-order chi connectivity index (χ1) is 13.5. The molecule has 2 amide bonds. The lowest BCUT2D eigenvalue weighted by Gasteiger charge is -2.26. The first-order valence-electron chi connectivity index (χ1n) is 9.31. The number of nitrogens with zero attached hydrogens (tertiary/aromatic N) is 3. The standard InChI is InChI=1S/C19H25ClFN5O2/c1-22-9-13(5-7-27)10-26-12-14-11-25(6-4-18(14)24-26)19(28)23-15-2-3-17(21)16(20)8-15/h2-3,8,12-13,22,27H,4-7,9-11H2,1H3,(H,23,28). The Hall–Kier alpha value is -2.16. The highest BCUT2D eigenvalue weighted by atomic mass is 35.5. The first kappa shape index (κ1) is 20.6. The quantitative estimate of drug-likeness (QED) is 0.656. The molecule has 0 aliphatic carbocycles. The molecule has 0 bridgehead atoms. The number of carbonyl (C=O) groups is 1. The fraction of sp³-hybridized carbons (Fsp3) is 0.474. The number of halogens is 2. The van der Waals surface area contributed by atoms with Crippen molar-refractivity contribution in [2.24, 2.45) is 5.92 Å². The average Bonchev–Trinajstić information content (AvgIpc) is 3.06. The van der Waals surface area contributed by atoms with Crippen LogP contribution in [-0.4, -0.2) is 52.6 Å². The molecule has 2 aromatic rings. The lowest BCUT2D eigenvalue weighted by molar-refractivity contribution is 0.206. The number of carbonyl (C=O) groups excluding carboxylic acids is 1. The molecule has 0 saturated heterocycles. The van der Waals surface area contributed by atoms with Crippen molar-refractivity contribution >= 4 is 23.3 Å². The molecule has 0 saturated carbocycles. The van der Waals surface area contributed by atoms with Gasteiger partial charge in [-0.25, -0.2) is 9.18 Å². The SMILES string of the molecule is CNCC(CCO)Cn1cc2c(n1)CCN(C(=O)Nc1ccc(F)c(Cl)c1)C2. The first-order valence-corrected chi connectivity index (χ1v) is 9.69. The second kappa shape index (κ2) is 9.36. The van der Waals surface area contributed by atoms with Crippen LogP contribution in [0.1, 0.15) is 17.7 Å². The lowest BCUT2D eigenvalue weighted by atomic mass is 10.1. The molecule has 0 spiro atoms. The summed E-state index contributed by atoms with van der Waals surface area (Å²) in [4.78, 5) is 14.2. The molecule has 2 heterocycles. The molecule has 1 aromatic heterocycles. The minimum atomic E-state index is -0.521. The highest BCUT2D eigenvalue weighted by Crippen LogP contribution is 2.22. The topological polar surface area (TPSA) is 82.4 Å². The Bertz CT molecular complexity index is 823. The number of aromatic nitrogens is 2. The maximum Gasteiger partial charge on any atom is 0.322 e. The van der Waals surface area contributed by atoms with E-state index in [0.29, 0.717) is 44.1 Å². The summed E-state index contributed by atoms with van der Waals surface area (Å²) in [7, 11) is 1.89. The zero-order valence-corrected chi connectivity index (χ0v) is 16.5. The minimum absolute atomic E-state index is 0.0287. The van der Waals surface area contributed by atoms with Crippen molar-refractivity contribution in [2.75, 3.05) is 32.1 Å². The molecular weight excluding hydrogens is 385 g/mol. The van der Waals surface area contributed by atoms with Crippen LogP contribution in [-0.2, 0) is 19.5 Å². The maximum absolute atomic E-state index is 13.3. The van der Waals surface area contributed by atoms with Gasteiger partial charge in [0, 0.05) is 43.6 Å². The van der Waals surface area contributed by atoms with Crippen molar-refractivity contribution < 1.29 is 14.3 Å². The van der Waals surface area contributed by atoms with Crippen LogP contribution in [0.2, 0.25) is 5.02 Å². The van der Waals surface area contributed by atoms with Gasteiger partial charge in [0.15, 0.2) is 0 Å². The van der Waals surface area contributed by atoms with E-state index in [-0.39, 0.29) is 17.7 Å². The Morgan fingerprint density at radius 2 is 2.29 bits per heavy atom. The molecule has 1 aliphatic rings. The van der Waals surface area contributed by atoms with Crippen LogP contribution in [0.5, 0.6) is 0 Å². The van der Waals surface area contributed by atoms with Gasteiger partial charge in [0.2, 0.25) is 0 Å². The normalized spacial score (nSPS) is 14.6. The molecule has 1 atom stereocenters. The third kappa shape index (κ3) is 5.01. The molecule has 1 aromatic carbocycles. The Morgan fingerprint density at radius 1 is 1.46 bits per heavy atom. The Labute approximate surface area is 168 Å². The van der Waals surface area contributed by atoms with Crippen LogP contribution in [0.4, 0.5) is 14.9 Å². The highest BCUT2D eigenvalue weighted by molar-refractivity contribution is 6.31. The summed E-state index contributed by atoms with van der Waals surface area (Å²) in [6.07, 6.45) is 3.36. The number of hydrogen-bond donors (Lipinski definition) is 3. The summed E-state index contributed by atoms with van der Waals surface area (Å²) in [5.74, 6) is -0.230. The van der Waals surface area contributed by atoms with E-state index in [9.17, 15) is 14.3 Å². The number of anilines is 1. The van der Waals surface area contributed by atoms with Gasteiger partial charge in [-0.2, -0.15) is 5.10 Å². The van der Waals surface area contributed by atoms with Crippen LogP contribution in [0.3, 0.4) is 0 Å². The van der Waals surface area contributed by atoms with Gasteiger partial charge in [-0.05, 0) is 44.1 Å². The number of amides is 2. The largest absolute Gasteiger partial charge is 0.396 e. The van der Waals surface area contributed by atoms with E-state index in [0.717, 1.165) is 17.8 Å². The van der Waals surface area contributed by atoms with E-state index in [1.807, 2.05) is 17.9 Å². The zero-order valence-electron chi connectivity index (χ0n) is 15.8. The van der Waals surface area contributed by atoms with Crippen molar-refractivity contribution in [3.05, 3.63) is 46.5 Å². The zero-order chi connectivity index (χ0) is 20.1. The van der Waals surface area contributed by atoms with Gasteiger partial charge in [0.05, 0.1) is 17.3 Å². The van der Waals surface area contributed by atoms with Gasteiger partial charge >= 0.3 is 6.03 Å². The van der Waals surface area contributed by atoms with Gasteiger partial charge < -0.3 is 20.6 Å². The summed E-state index contributed by atoms with van der Waals surface area (Å²) in [6, 6.07) is 3.85. The molecule has 7 nitrogen and oxygen atoms in total. The molecule has 1 aliphatic heterocycles. The van der Waals surface area contributed by atoms with Gasteiger partial charge in [-0.3, -0.25) is 4.68 Å². The highest BCUT2D eigenvalue weighted by Gasteiger charge is 2.24. The lowest BCUT2D eigenvalue weighted by Crippen LogP contribution is -2.38. The average molecular weight is 410 g/mol. The van der Waals surface area contributed by atoms with Gasteiger partial charge in [0.1, 0.15) is 5.82 Å². The van der Waals surface area contributed by atoms with E-state index in [1.165, 1.54) is 18.2 Å².